The highest BCUT2D eigenvalue weighted by Gasteiger charge is 2.09. The zero-order chi connectivity index (χ0) is 15.6. The Morgan fingerprint density at radius 2 is 1.52 bits per heavy atom. The molecule has 0 aliphatic carbocycles. The first-order valence-electron chi connectivity index (χ1n) is 7.38. The molecule has 0 saturated heterocycles. The van der Waals surface area contributed by atoms with E-state index in [1.165, 1.54) is 0 Å². The van der Waals surface area contributed by atoms with E-state index in [1.54, 1.807) is 6.20 Å². The minimum atomic E-state index is 0.733. The topological polar surface area (TPSA) is 25.8 Å². The maximum absolute atomic E-state index is 6.02. The van der Waals surface area contributed by atoms with Crippen molar-refractivity contribution >= 4 is 22.5 Å². The predicted octanol–water partition coefficient (Wildman–Crippen LogP) is 5.62. The van der Waals surface area contributed by atoms with Gasteiger partial charge in [0.2, 0.25) is 0 Å². The molecule has 0 bridgehead atoms. The Morgan fingerprint density at radius 3 is 2.30 bits per heavy atom. The lowest BCUT2D eigenvalue weighted by molar-refractivity contribution is 1.28. The first-order chi connectivity index (χ1) is 11.3. The van der Waals surface area contributed by atoms with Crippen LogP contribution in [0.1, 0.15) is 0 Å². The highest BCUT2D eigenvalue weighted by molar-refractivity contribution is 6.30. The van der Waals surface area contributed by atoms with Gasteiger partial charge in [0, 0.05) is 16.6 Å². The summed E-state index contributed by atoms with van der Waals surface area (Å²) in [7, 11) is 0. The SMILES string of the molecule is Clc1ccc(-c2cc(-c3ccccn3)nc3ccccc23)cc1. The molecule has 0 amide bonds. The lowest BCUT2D eigenvalue weighted by atomic mass is 9.99. The quantitative estimate of drug-likeness (QED) is 0.480. The van der Waals surface area contributed by atoms with Crippen molar-refractivity contribution in [3.63, 3.8) is 0 Å². The summed E-state index contributed by atoms with van der Waals surface area (Å²) in [6.45, 7) is 0. The molecule has 2 nitrogen and oxygen atoms in total. The van der Waals surface area contributed by atoms with Crippen LogP contribution in [0, 0.1) is 0 Å². The van der Waals surface area contributed by atoms with Crippen LogP contribution in [0.3, 0.4) is 0 Å². The van der Waals surface area contributed by atoms with Crippen LogP contribution in [0.15, 0.2) is 79.0 Å². The van der Waals surface area contributed by atoms with Crippen molar-refractivity contribution < 1.29 is 0 Å². The fourth-order valence-corrected chi connectivity index (χ4v) is 2.82. The molecule has 4 aromatic rings. The van der Waals surface area contributed by atoms with E-state index in [9.17, 15) is 0 Å². The maximum Gasteiger partial charge on any atom is 0.0900 e. The van der Waals surface area contributed by atoms with Crippen molar-refractivity contribution in [2.75, 3.05) is 0 Å². The van der Waals surface area contributed by atoms with Crippen LogP contribution < -0.4 is 0 Å². The zero-order valence-electron chi connectivity index (χ0n) is 12.3. The third kappa shape index (κ3) is 2.69. The molecule has 0 aliphatic rings. The first-order valence-corrected chi connectivity index (χ1v) is 7.76. The van der Waals surface area contributed by atoms with E-state index >= 15 is 0 Å². The monoisotopic (exact) mass is 316 g/mol. The van der Waals surface area contributed by atoms with E-state index in [2.05, 4.69) is 17.1 Å². The number of rotatable bonds is 2. The van der Waals surface area contributed by atoms with E-state index < -0.39 is 0 Å². The number of para-hydroxylation sites is 1. The van der Waals surface area contributed by atoms with Crippen LogP contribution >= 0.6 is 11.6 Å². The van der Waals surface area contributed by atoms with E-state index in [0.717, 1.165) is 38.4 Å². The third-order valence-corrected chi connectivity index (χ3v) is 4.05. The molecule has 0 aliphatic heterocycles. The summed E-state index contributed by atoms with van der Waals surface area (Å²) in [5.41, 5.74) is 4.95. The van der Waals surface area contributed by atoms with Gasteiger partial charge in [-0.3, -0.25) is 4.98 Å². The normalized spacial score (nSPS) is 10.8. The van der Waals surface area contributed by atoms with Crippen LogP contribution in [-0.2, 0) is 0 Å². The number of hydrogen-bond acceptors (Lipinski definition) is 2. The van der Waals surface area contributed by atoms with Crippen LogP contribution in [0.2, 0.25) is 5.02 Å². The Labute approximate surface area is 139 Å². The van der Waals surface area contributed by atoms with Crippen molar-refractivity contribution in [2.24, 2.45) is 0 Å². The molecule has 0 radical (unpaired) electrons. The number of hydrogen-bond donors (Lipinski definition) is 0. The molecule has 0 N–H and O–H groups in total. The number of aromatic nitrogens is 2. The number of fused-ring (bicyclic) bond motifs is 1. The van der Waals surface area contributed by atoms with Crippen LogP contribution in [0.4, 0.5) is 0 Å². The molecule has 2 aromatic carbocycles. The van der Waals surface area contributed by atoms with Gasteiger partial charge in [-0.15, -0.1) is 0 Å². The molecule has 0 unspecified atom stereocenters. The van der Waals surface area contributed by atoms with Crippen LogP contribution in [-0.4, -0.2) is 9.97 Å². The number of nitrogens with zero attached hydrogens (tertiary/aromatic N) is 2. The highest BCUT2D eigenvalue weighted by Crippen LogP contribution is 2.32. The average Bonchev–Trinajstić information content (AvgIpc) is 2.62. The van der Waals surface area contributed by atoms with Gasteiger partial charge in [-0.2, -0.15) is 0 Å². The second-order valence-corrected chi connectivity index (χ2v) is 5.73. The summed E-state index contributed by atoms with van der Waals surface area (Å²) in [5.74, 6) is 0. The molecule has 23 heavy (non-hydrogen) atoms. The molecule has 3 heteroatoms. The van der Waals surface area contributed by atoms with Gasteiger partial charge in [0.25, 0.3) is 0 Å². The van der Waals surface area contributed by atoms with Crippen molar-refractivity contribution in [1.29, 1.82) is 0 Å². The Hall–Kier alpha value is -2.71. The van der Waals surface area contributed by atoms with Gasteiger partial charge in [-0.25, -0.2) is 4.98 Å². The summed E-state index contributed by atoms with van der Waals surface area (Å²) in [6, 6.07) is 24.0. The number of benzene rings is 2. The molecule has 2 aromatic heterocycles. The minimum absolute atomic E-state index is 0.733. The smallest absolute Gasteiger partial charge is 0.0900 e. The Balaban J connectivity index is 2.00. The molecular weight excluding hydrogens is 304 g/mol. The molecule has 4 rings (SSSR count). The summed E-state index contributed by atoms with van der Waals surface area (Å²) in [5, 5.41) is 1.85. The van der Waals surface area contributed by atoms with E-state index in [-0.39, 0.29) is 0 Å². The molecule has 0 fully saturated rings. The predicted molar refractivity (Wildman–Crippen MR) is 95.4 cm³/mol. The molecule has 0 atom stereocenters. The molecule has 0 spiro atoms. The maximum atomic E-state index is 6.02. The summed E-state index contributed by atoms with van der Waals surface area (Å²) in [6.07, 6.45) is 1.79. The number of pyridine rings is 2. The van der Waals surface area contributed by atoms with Crippen molar-refractivity contribution in [3.8, 4) is 22.5 Å². The van der Waals surface area contributed by atoms with E-state index in [1.807, 2.05) is 60.7 Å². The van der Waals surface area contributed by atoms with Crippen molar-refractivity contribution in [2.45, 2.75) is 0 Å². The van der Waals surface area contributed by atoms with Gasteiger partial charge in [0.1, 0.15) is 0 Å². The van der Waals surface area contributed by atoms with Gasteiger partial charge in [0.05, 0.1) is 16.9 Å². The van der Waals surface area contributed by atoms with E-state index in [4.69, 9.17) is 16.6 Å². The second kappa shape index (κ2) is 5.82. The number of halogens is 1. The van der Waals surface area contributed by atoms with Crippen LogP contribution in [0.5, 0.6) is 0 Å². The molecule has 110 valence electrons. The lowest BCUT2D eigenvalue weighted by Crippen LogP contribution is -1.91. The fraction of sp³-hybridized carbons (Fsp3) is 0. The Kier molecular flexibility index (Phi) is 3.52. The van der Waals surface area contributed by atoms with Gasteiger partial charge in [0.15, 0.2) is 0 Å². The minimum Gasteiger partial charge on any atom is -0.255 e. The van der Waals surface area contributed by atoms with Gasteiger partial charge < -0.3 is 0 Å². The Bertz CT molecular complexity index is 964. The molecule has 0 saturated carbocycles. The van der Waals surface area contributed by atoms with Crippen molar-refractivity contribution in [1.82, 2.24) is 9.97 Å². The van der Waals surface area contributed by atoms with Gasteiger partial charge in [-0.1, -0.05) is 48.0 Å². The lowest BCUT2D eigenvalue weighted by Gasteiger charge is -2.10. The summed E-state index contributed by atoms with van der Waals surface area (Å²) < 4.78 is 0. The average molecular weight is 317 g/mol. The van der Waals surface area contributed by atoms with Crippen LogP contribution in [0.25, 0.3) is 33.4 Å². The largest absolute Gasteiger partial charge is 0.255 e. The second-order valence-electron chi connectivity index (χ2n) is 5.29. The van der Waals surface area contributed by atoms with Crippen molar-refractivity contribution in [3.05, 3.63) is 84.0 Å². The first kappa shape index (κ1) is 13.9. The van der Waals surface area contributed by atoms with Gasteiger partial charge >= 0.3 is 0 Å². The summed E-state index contributed by atoms with van der Waals surface area (Å²) in [4.78, 5) is 9.18. The van der Waals surface area contributed by atoms with Gasteiger partial charge in [-0.05, 0) is 47.5 Å². The molecule has 2 heterocycles. The van der Waals surface area contributed by atoms with E-state index in [0.29, 0.717) is 0 Å². The zero-order valence-corrected chi connectivity index (χ0v) is 13.0. The standard InChI is InChI=1S/C20H13ClN2/c21-15-10-8-14(9-11-15)17-13-20(19-7-3-4-12-22-19)23-18-6-2-1-5-16(17)18/h1-13H. The summed E-state index contributed by atoms with van der Waals surface area (Å²) >= 11 is 6.02. The Morgan fingerprint density at radius 1 is 0.739 bits per heavy atom. The third-order valence-electron chi connectivity index (χ3n) is 3.80. The fourth-order valence-electron chi connectivity index (χ4n) is 2.69. The highest BCUT2D eigenvalue weighted by atomic mass is 35.5. The molecular formula is C20H13ClN2.